The van der Waals surface area contributed by atoms with Crippen molar-refractivity contribution < 1.29 is 24.1 Å². The zero-order chi connectivity index (χ0) is 14.7. The van der Waals surface area contributed by atoms with Crippen molar-refractivity contribution in [2.45, 2.75) is 32.7 Å². The van der Waals surface area contributed by atoms with Crippen LogP contribution in [0.15, 0.2) is 0 Å². The van der Waals surface area contributed by atoms with E-state index in [4.69, 9.17) is 9.39 Å². The summed E-state index contributed by atoms with van der Waals surface area (Å²) in [6.07, 6.45) is 0.969. The van der Waals surface area contributed by atoms with Crippen molar-refractivity contribution in [2.24, 2.45) is 5.92 Å². The van der Waals surface area contributed by atoms with Crippen molar-refractivity contribution in [1.29, 1.82) is 0 Å². The van der Waals surface area contributed by atoms with Crippen LogP contribution in [0.3, 0.4) is 0 Å². The first-order valence-corrected chi connectivity index (χ1v) is 6.03. The minimum Gasteiger partial charge on any atom is -0.465 e. The molecule has 0 spiro atoms. The monoisotopic (exact) mass is 275 g/mol. The second-order valence-electron chi connectivity index (χ2n) is 4.17. The Labute approximate surface area is 113 Å². The lowest BCUT2D eigenvalue weighted by Gasteiger charge is -2.19. The van der Waals surface area contributed by atoms with E-state index in [9.17, 15) is 14.9 Å². The molecule has 0 aliphatic heterocycles. The van der Waals surface area contributed by atoms with Crippen LogP contribution in [0.4, 0.5) is 0 Å². The second-order valence-corrected chi connectivity index (χ2v) is 4.17. The summed E-state index contributed by atoms with van der Waals surface area (Å²) in [6, 6.07) is -0.477. The van der Waals surface area contributed by atoms with Gasteiger partial charge in [0.25, 0.3) is 5.09 Å². The van der Waals surface area contributed by atoms with Crippen molar-refractivity contribution in [3.63, 3.8) is 0 Å². The van der Waals surface area contributed by atoms with E-state index in [-0.39, 0.29) is 25.1 Å². The third-order valence-electron chi connectivity index (χ3n) is 2.27. The summed E-state index contributed by atoms with van der Waals surface area (Å²) < 4.78 is 9.80. The molecule has 1 N–H and O–H groups in total. The highest BCUT2D eigenvalue weighted by molar-refractivity contribution is 6.24. The predicted octanol–water partition coefficient (Wildman–Crippen LogP) is 0.313. The van der Waals surface area contributed by atoms with Crippen molar-refractivity contribution in [2.75, 3.05) is 20.3 Å². The molecule has 0 saturated heterocycles. The standard InChI is InChI=1S/C10H20BN2O6/c1-8(2)9(12-11-17-3)10(14)18-6-4-5-7-19-13(15)16/h8-9,12H,4-7H2,1-3H3. The number of carbonyl (C=O) groups excluding carboxylic acids is 1. The molecule has 0 bridgehead atoms. The summed E-state index contributed by atoms with van der Waals surface area (Å²) in [7, 11) is 2.81. The Morgan fingerprint density at radius 1 is 1.37 bits per heavy atom. The van der Waals surface area contributed by atoms with Gasteiger partial charge in [0.05, 0.1) is 19.3 Å². The fourth-order valence-electron chi connectivity index (χ4n) is 1.28. The third-order valence-corrected chi connectivity index (χ3v) is 2.27. The molecule has 1 radical (unpaired) electrons. The molecule has 9 heteroatoms. The first kappa shape index (κ1) is 17.7. The van der Waals surface area contributed by atoms with Gasteiger partial charge in [0.1, 0.15) is 0 Å². The summed E-state index contributed by atoms with van der Waals surface area (Å²) >= 11 is 0. The number of unbranched alkanes of at least 4 members (excludes halogenated alkanes) is 1. The number of nitrogens with one attached hydrogen (secondary N) is 1. The zero-order valence-corrected chi connectivity index (χ0v) is 11.5. The van der Waals surface area contributed by atoms with E-state index in [0.717, 1.165) is 0 Å². The van der Waals surface area contributed by atoms with Gasteiger partial charge in [-0.15, -0.1) is 10.1 Å². The lowest BCUT2D eigenvalue weighted by Crippen LogP contribution is -2.44. The van der Waals surface area contributed by atoms with Gasteiger partial charge < -0.3 is 19.5 Å². The van der Waals surface area contributed by atoms with Gasteiger partial charge in [0.2, 0.25) is 0 Å². The number of ether oxygens (including phenoxy) is 1. The molecule has 0 aliphatic rings. The smallest absolute Gasteiger partial charge is 0.396 e. The summed E-state index contributed by atoms with van der Waals surface area (Å²) in [5.74, 6) is -0.324. The second kappa shape index (κ2) is 10.6. The summed E-state index contributed by atoms with van der Waals surface area (Å²) in [6.45, 7) is 3.98. The first-order chi connectivity index (χ1) is 8.99. The van der Waals surface area contributed by atoms with Gasteiger partial charge in [-0.05, 0) is 18.8 Å². The highest BCUT2D eigenvalue weighted by Crippen LogP contribution is 2.04. The Balaban J connectivity index is 3.77. The van der Waals surface area contributed by atoms with Gasteiger partial charge in [-0.3, -0.25) is 4.79 Å². The van der Waals surface area contributed by atoms with Gasteiger partial charge >= 0.3 is 13.6 Å². The maximum absolute atomic E-state index is 11.7. The highest BCUT2D eigenvalue weighted by Gasteiger charge is 2.23. The molecule has 1 unspecified atom stereocenters. The van der Waals surface area contributed by atoms with Crippen LogP contribution in [-0.2, 0) is 19.0 Å². The van der Waals surface area contributed by atoms with Gasteiger partial charge in [0.15, 0.2) is 0 Å². The molecule has 0 amide bonds. The number of nitrogens with zero attached hydrogens (tertiary/aromatic N) is 1. The van der Waals surface area contributed by atoms with Crippen LogP contribution in [0.1, 0.15) is 26.7 Å². The van der Waals surface area contributed by atoms with Crippen LogP contribution in [0.25, 0.3) is 0 Å². The molecule has 0 aliphatic carbocycles. The number of hydrogen-bond donors (Lipinski definition) is 1. The van der Waals surface area contributed by atoms with E-state index in [1.54, 1.807) is 0 Å². The quantitative estimate of drug-likeness (QED) is 0.190. The molecule has 0 saturated carbocycles. The third kappa shape index (κ3) is 9.26. The van der Waals surface area contributed by atoms with Crippen molar-refractivity contribution in [3.8, 4) is 0 Å². The van der Waals surface area contributed by atoms with Gasteiger partial charge in [-0.25, -0.2) is 0 Å². The van der Waals surface area contributed by atoms with Crippen molar-refractivity contribution >= 4 is 13.6 Å². The van der Waals surface area contributed by atoms with Crippen LogP contribution in [-0.4, -0.2) is 45.0 Å². The topological polar surface area (TPSA) is 99.9 Å². The van der Waals surface area contributed by atoms with E-state index in [0.29, 0.717) is 12.8 Å². The molecule has 0 aromatic rings. The number of carbonyl (C=O) groups is 1. The van der Waals surface area contributed by atoms with E-state index in [2.05, 4.69) is 10.1 Å². The van der Waals surface area contributed by atoms with Crippen LogP contribution in [0.2, 0.25) is 0 Å². The lowest BCUT2D eigenvalue weighted by molar-refractivity contribution is -0.757. The average Bonchev–Trinajstić information content (AvgIpc) is 2.33. The van der Waals surface area contributed by atoms with E-state index >= 15 is 0 Å². The Morgan fingerprint density at radius 2 is 2.00 bits per heavy atom. The Bertz CT molecular complexity index is 277. The van der Waals surface area contributed by atoms with Crippen LogP contribution < -0.4 is 5.23 Å². The predicted molar refractivity (Wildman–Crippen MR) is 67.7 cm³/mol. The molecular formula is C10H20BN2O6. The lowest BCUT2D eigenvalue weighted by atomic mass is 10.0. The molecule has 109 valence electrons. The molecule has 0 aromatic heterocycles. The zero-order valence-electron chi connectivity index (χ0n) is 11.5. The number of hydrogen-bond acceptors (Lipinski definition) is 7. The summed E-state index contributed by atoms with van der Waals surface area (Å²) in [4.78, 5) is 25.7. The maximum Gasteiger partial charge on any atom is 0.396 e. The molecule has 1 atom stereocenters. The van der Waals surface area contributed by atoms with Gasteiger partial charge in [-0.1, -0.05) is 13.8 Å². The van der Waals surface area contributed by atoms with E-state index in [1.165, 1.54) is 14.7 Å². The SMILES string of the molecule is CO[B]NC(C(=O)OCCCCO[N+](=O)[O-])C(C)C. The van der Waals surface area contributed by atoms with Crippen LogP contribution in [0, 0.1) is 16.0 Å². The van der Waals surface area contributed by atoms with Crippen molar-refractivity contribution in [3.05, 3.63) is 10.1 Å². The number of rotatable bonds is 11. The Kier molecular flexibility index (Phi) is 9.82. The largest absolute Gasteiger partial charge is 0.465 e. The van der Waals surface area contributed by atoms with Gasteiger partial charge in [0, 0.05) is 7.11 Å². The fourth-order valence-corrected chi connectivity index (χ4v) is 1.28. The maximum atomic E-state index is 11.7. The average molecular weight is 275 g/mol. The minimum absolute atomic E-state index is 0.00780. The molecule has 19 heavy (non-hydrogen) atoms. The summed E-state index contributed by atoms with van der Waals surface area (Å²) in [5, 5.41) is 11.8. The number of esters is 1. The normalized spacial score (nSPS) is 12.0. The minimum atomic E-state index is -0.842. The molecule has 0 aromatic carbocycles. The summed E-state index contributed by atoms with van der Waals surface area (Å²) in [5.41, 5.74) is 0. The highest BCUT2D eigenvalue weighted by atomic mass is 16.9. The Hall–Kier alpha value is -1.35. The molecular weight excluding hydrogens is 255 g/mol. The van der Waals surface area contributed by atoms with E-state index in [1.807, 2.05) is 13.8 Å². The van der Waals surface area contributed by atoms with Crippen LogP contribution >= 0.6 is 0 Å². The van der Waals surface area contributed by atoms with Gasteiger partial charge in [-0.2, -0.15) is 0 Å². The van der Waals surface area contributed by atoms with Crippen molar-refractivity contribution in [1.82, 2.24) is 5.23 Å². The Morgan fingerprint density at radius 3 is 2.53 bits per heavy atom. The fraction of sp³-hybridized carbons (Fsp3) is 0.900. The first-order valence-electron chi connectivity index (χ1n) is 6.03. The molecule has 0 fully saturated rings. The van der Waals surface area contributed by atoms with E-state index < -0.39 is 11.1 Å². The van der Waals surface area contributed by atoms with Crippen LogP contribution in [0.5, 0.6) is 0 Å². The molecule has 0 rings (SSSR count). The molecule has 8 nitrogen and oxygen atoms in total. The molecule has 0 heterocycles.